The zero-order valence-corrected chi connectivity index (χ0v) is 11.6. The SMILES string of the molecule is CN1CCN(CCNCc2cccc(C#N)c2)CC1. The van der Waals surface area contributed by atoms with Crippen LogP contribution in [-0.2, 0) is 6.54 Å². The molecule has 2 rings (SSSR count). The Kier molecular flexibility index (Phi) is 5.34. The maximum Gasteiger partial charge on any atom is 0.0991 e. The predicted octanol–water partition coefficient (Wildman–Crippen LogP) is 0.895. The highest BCUT2D eigenvalue weighted by molar-refractivity contribution is 5.32. The van der Waals surface area contributed by atoms with Crippen molar-refractivity contribution in [3.05, 3.63) is 35.4 Å². The van der Waals surface area contributed by atoms with Crippen molar-refractivity contribution in [1.29, 1.82) is 5.26 Å². The van der Waals surface area contributed by atoms with E-state index in [-0.39, 0.29) is 0 Å². The van der Waals surface area contributed by atoms with E-state index in [9.17, 15) is 0 Å². The first-order valence-electron chi connectivity index (χ1n) is 6.88. The highest BCUT2D eigenvalue weighted by Gasteiger charge is 2.12. The normalized spacial score (nSPS) is 17.3. The topological polar surface area (TPSA) is 42.3 Å². The third-order valence-electron chi connectivity index (χ3n) is 3.59. The van der Waals surface area contributed by atoms with Crippen LogP contribution in [0.3, 0.4) is 0 Å². The summed E-state index contributed by atoms with van der Waals surface area (Å²) in [6, 6.07) is 9.96. The molecule has 1 aliphatic heterocycles. The van der Waals surface area contributed by atoms with Crippen molar-refractivity contribution >= 4 is 0 Å². The fourth-order valence-corrected chi connectivity index (χ4v) is 2.29. The summed E-state index contributed by atoms with van der Waals surface area (Å²) >= 11 is 0. The van der Waals surface area contributed by atoms with E-state index in [1.54, 1.807) is 0 Å². The molecular formula is C15H22N4. The molecule has 0 radical (unpaired) electrons. The maximum absolute atomic E-state index is 8.84. The minimum atomic E-state index is 0.735. The zero-order chi connectivity index (χ0) is 13.5. The van der Waals surface area contributed by atoms with Gasteiger partial charge in [-0.15, -0.1) is 0 Å². The van der Waals surface area contributed by atoms with Gasteiger partial charge in [0.1, 0.15) is 0 Å². The van der Waals surface area contributed by atoms with Gasteiger partial charge in [0.15, 0.2) is 0 Å². The lowest BCUT2D eigenvalue weighted by Gasteiger charge is -2.32. The van der Waals surface area contributed by atoms with Gasteiger partial charge in [-0.25, -0.2) is 0 Å². The monoisotopic (exact) mass is 258 g/mol. The van der Waals surface area contributed by atoms with Crippen molar-refractivity contribution in [2.45, 2.75) is 6.54 Å². The summed E-state index contributed by atoms with van der Waals surface area (Å²) in [5, 5.41) is 12.3. The van der Waals surface area contributed by atoms with Crippen LogP contribution in [0.15, 0.2) is 24.3 Å². The predicted molar refractivity (Wildman–Crippen MR) is 76.8 cm³/mol. The Morgan fingerprint density at radius 3 is 2.79 bits per heavy atom. The van der Waals surface area contributed by atoms with Gasteiger partial charge in [-0.2, -0.15) is 5.26 Å². The molecule has 0 unspecified atom stereocenters. The first-order valence-corrected chi connectivity index (χ1v) is 6.88. The average Bonchev–Trinajstić information content (AvgIpc) is 2.46. The zero-order valence-electron chi connectivity index (χ0n) is 11.6. The van der Waals surface area contributed by atoms with Crippen LogP contribution < -0.4 is 5.32 Å². The second-order valence-electron chi connectivity index (χ2n) is 5.13. The molecule has 1 aromatic carbocycles. The molecule has 0 aromatic heterocycles. The van der Waals surface area contributed by atoms with Crippen molar-refractivity contribution in [3.63, 3.8) is 0 Å². The van der Waals surface area contributed by atoms with E-state index in [1.807, 2.05) is 18.2 Å². The van der Waals surface area contributed by atoms with Gasteiger partial charge in [-0.3, -0.25) is 4.90 Å². The Hall–Kier alpha value is -1.41. The second-order valence-corrected chi connectivity index (χ2v) is 5.13. The molecule has 1 saturated heterocycles. The molecule has 0 spiro atoms. The van der Waals surface area contributed by atoms with Gasteiger partial charge in [0.2, 0.25) is 0 Å². The molecule has 0 saturated carbocycles. The lowest BCUT2D eigenvalue weighted by Crippen LogP contribution is -2.46. The average molecular weight is 258 g/mol. The number of hydrogen-bond donors (Lipinski definition) is 1. The molecule has 102 valence electrons. The van der Waals surface area contributed by atoms with Crippen molar-refractivity contribution in [2.75, 3.05) is 46.3 Å². The van der Waals surface area contributed by atoms with E-state index < -0.39 is 0 Å². The molecular weight excluding hydrogens is 236 g/mol. The Labute approximate surface area is 115 Å². The van der Waals surface area contributed by atoms with E-state index in [0.29, 0.717) is 0 Å². The van der Waals surface area contributed by atoms with E-state index in [1.165, 1.54) is 31.7 Å². The summed E-state index contributed by atoms with van der Waals surface area (Å²) < 4.78 is 0. The third kappa shape index (κ3) is 4.64. The fraction of sp³-hybridized carbons (Fsp3) is 0.533. The molecule has 1 fully saturated rings. The van der Waals surface area contributed by atoms with Crippen LogP contribution in [0.4, 0.5) is 0 Å². The number of hydrogen-bond acceptors (Lipinski definition) is 4. The number of likely N-dealkylation sites (N-methyl/N-ethyl adjacent to an activating group) is 1. The summed E-state index contributed by atoms with van der Waals surface area (Å²) in [6.07, 6.45) is 0. The molecule has 0 atom stereocenters. The summed E-state index contributed by atoms with van der Waals surface area (Å²) in [7, 11) is 2.18. The van der Waals surface area contributed by atoms with Crippen LogP contribution >= 0.6 is 0 Å². The molecule has 0 aliphatic carbocycles. The second kappa shape index (κ2) is 7.25. The van der Waals surface area contributed by atoms with Crippen LogP contribution in [0.5, 0.6) is 0 Å². The van der Waals surface area contributed by atoms with Crippen LogP contribution in [-0.4, -0.2) is 56.1 Å². The Morgan fingerprint density at radius 1 is 1.26 bits per heavy atom. The van der Waals surface area contributed by atoms with E-state index in [0.717, 1.165) is 25.2 Å². The van der Waals surface area contributed by atoms with E-state index >= 15 is 0 Å². The Balaban J connectivity index is 1.65. The van der Waals surface area contributed by atoms with Crippen molar-refractivity contribution in [2.24, 2.45) is 0 Å². The van der Waals surface area contributed by atoms with Gasteiger partial charge in [0.05, 0.1) is 11.6 Å². The molecule has 4 nitrogen and oxygen atoms in total. The molecule has 19 heavy (non-hydrogen) atoms. The number of nitriles is 1. The van der Waals surface area contributed by atoms with Crippen LogP contribution in [0, 0.1) is 11.3 Å². The maximum atomic E-state index is 8.84. The molecule has 0 amide bonds. The number of nitrogens with one attached hydrogen (secondary N) is 1. The van der Waals surface area contributed by atoms with Gasteiger partial charge in [0, 0.05) is 45.8 Å². The van der Waals surface area contributed by atoms with E-state index in [4.69, 9.17) is 5.26 Å². The molecule has 4 heteroatoms. The number of benzene rings is 1. The Morgan fingerprint density at radius 2 is 2.05 bits per heavy atom. The highest BCUT2D eigenvalue weighted by Crippen LogP contribution is 2.03. The minimum Gasteiger partial charge on any atom is -0.311 e. The van der Waals surface area contributed by atoms with Gasteiger partial charge >= 0.3 is 0 Å². The smallest absolute Gasteiger partial charge is 0.0991 e. The van der Waals surface area contributed by atoms with Gasteiger partial charge in [-0.05, 0) is 24.7 Å². The lowest BCUT2D eigenvalue weighted by atomic mass is 10.1. The Bertz CT molecular complexity index is 430. The van der Waals surface area contributed by atoms with Crippen LogP contribution in [0.25, 0.3) is 0 Å². The van der Waals surface area contributed by atoms with Gasteiger partial charge in [-0.1, -0.05) is 12.1 Å². The van der Waals surface area contributed by atoms with E-state index in [2.05, 4.69) is 34.3 Å². The summed E-state index contributed by atoms with van der Waals surface area (Å²) in [6.45, 7) is 7.62. The number of nitrogens with zero attached hydrogens (tertiary/aromatic N) is 3. The molecule has 1 N–H and O–H groups in total. The number of piperazine rings is 1. The molecule has 1 aromatic rings. The molecule has 1 aliphatic rings. The van der Waals surface area contributed by atoms with Crippen molar-refractivity contribution < 1.29 is 0 Å². The standard InChI is InChI=1S/C15H22N4/c1-18-7-9-19(10-8-18)6-5-17-13-15-4-2-3-14(11-15)12-16/h2-4,11,17H,5-10,13H2,1H3. The van der Waals surface area contributed by atoms with Crippen LogP contribution in [0.1, 0.15) is 11.1 Å². The first kappa shape index (κ1) is 14.0. The van der Waals surface area contributed by atoms with Crippen LogP contribution in [0.2, 0.25) is 0 Å². The molecule has 1 heterocycles. The van der Waals surface area contributed by atoms with Crippen molar-refractivity contribution in [3.8, 4) is 6.07 Å². The lowest BCUT2D eigenvalue weighted by molar-refractivity contribution is 0.154. The third-order valence-corrected chi connectivity index (χ3v) is 3.59. The summed E-state index contributed by atoms with van der Waals surface area (Å²) in [5.74, 6) is 0. The largest absolute Gasteiger partial charge is 0.311 e. The first-order chi connectivity index (χ1) is 9.28. The quantitative estimate of drug-likeness (QED) is 0.797. The molecule has 0 bridgehead atoms. The summed E-state index contributed by atoms with van der Waals surface area (Å²) in [4.78, 5) is 4.87. The van der Waals surface area contributed by atoms with Crippen molar-refractivity contribution in [1.82, 2.24) is 15.1 Å². The summed E-state index contributed by atoms with van der Waals surface area (Å²) in [5.41, 5.74) is 1.91. The fourth-order valence-electron chi connectivity index (χ4n) is 2.29. The van der Waals surface area contributed by atoms with Gasteiger partial charge < -0.3 is 10.2 Å². The number of rotatable bonds is 5. The highest BCUT2D eigenvalue weighted by atomic mass is 15.2. The van der Waals surface area contributed by atoms with Gasteiger partial charge in [0.25, 0.3) is 0 Å². The minimum absolute atomic E-state index is 0.735.